The quantitative estimate of drug-likeness (QED) is 0.331. The zero-order valence-electron chi connectivity index (χ0n) is 19.0. The van der Waals surface area contributed by atoms with Crippen LogP contribution in [0.3, 0.4) is 0 Å². The van der Waals surface area contributed by atoms with Crippen LogP contribution in [0.25, 0.3) is 0 Å². The van der Waals surface area contributed by atoms with E-state index in [-0.39, 0.29) is 0 Å². The summed E-state index contributed by atoms with van der Waals surface area (Å²) in [6.07, 6.45) is 0.354. The number of hydrogen-bond donors (Lipinski definition) is 0. The number of esters is 2. The molecule has 0 radical (unpaired) electrons. The van der Waals surface area contributed by atoms with Crippen LogP contribution >= 0.6 is 0 Å². The largest absolute Gasteiger partial charge is 0.452 e. The molecule has 0 aliphatic carbocycles. The van der Waals surface area contributed by atoms with E-state index in [0.717, 1.165) is 16.7 Å². The van der Waals surface area contributed by atoms with Gasteiger partial charge in [0, 0.05) is 6.42 Å². The van der Waals surface area contributed by atoms with Crippen molar-refractivity contribution in [1.29, 1.82) is 0 Å². The van der Waals surface area contributed by atoms with Gasteiger partial charge in [0.05, 0.1) is 0 Å². The highest BCUT2D eigenvalue weighted by molar-refractivity contribution is 6.02. The molecule has 0 amide bonds. The van der Waals surface area contributed by atoms with Crippen molar-refractivity contribution in [2.75, 3.05) is 0 Å². The molecule has 1 heterocycles. The number of allylic oxidation sites excluding steroid dienone is 1. The molecule has 0 N–H and O–H groups in total. The van der Waals surface area contributed by atoms with Crippen molar-refractivity contribution in [1.82, 2.24) is 0 Å². The molecule has 0 spiro atoms. The summed E-state index contributed by atoms with van der Waals surface area (Å²) in [4.78, 5) is 26.6. The van der Waals surface area contributed by atoms with Gasteiger partial charge in [-0.25, -0.2) is 9.59 Å². The third kappa shape index (κ3) is 5.12. The molecule has 3 aromatic rings. The highest BCUT2D eigenvalue weighted by Gasteiger charge is 2.59. The zero-order chi connectivity index (χ0) is 24.0. The van der Waals surface area contributed by atoms with Gasteiger partial charge < -0.3 is 18.9 Å². The summed E-state index contributed by atoms with van der Waals surface area (Å²) in [5.74, 6) is -4.02. The lowest BCUT2D eigenvalue weighted by molar-refractivity contribution is -0.224. The van der Waals surface area contributed by atoms with Gasteiger partial charge in [0.1, 0.15) is 24.2 Å². The highest BCUT2D eigenvalue weighted by Crippen LogP contribution is 2.34. The van der Waals surface area contributed by atoms with Crippen LogP contribution in [0.2, 0.25) is 0 Å². The van der Waals surface area contributed by atoms with Crippen molar-refractivity contribution in [2.45, 2.75) is 38.3 Å². The zero-order valence-corrected chi connectivity index (χ0v) is 19.0. The maximum absolute atomic E-state index is 13.3. The first kappa shape index (κ1) is 23.1. The Morgan fingerprint density at radius 3 is 1.65 bits per heavy atom. The van der Waals surface area contributed by atoms with Crippen molar-refractivity contribution < 1.29 is 28.5 Å². The number of hydrogen-bond acceptors (Lipinski definition) is 6. The van der Waals surface area contributed by atoms with E-state index in [2.05, 4.69) is 0 Å². The van der Waals surface area contributed by atoms with E-state index in [1.165, 1.54) is 6.26 Å². The van der Waals surface area contributed by atoms with Crippen LogP contribution in [0.15, 0.2) is 103 Å². The SMILES string of the molecule is CC(OC(=O)C1(C(=O)OC(C)c2ccccc2)OC=C(Cc2ccccc2)O1)c1ccccc1. The van der Waals surface area contributed by atoms with Gasteiger partial charge in [-0.1, -0.05) is 91.0 Å². The van der Waals surface area contributed by atoms with Crippen LogP contribution in [0.5, 0.6) is 0 Å². The molecule has 1 aliphatic heterocycles. The van der Waals surface area contributed by atoms with E-state index in [4.69, 9.17) is 18.9 Å². The predicted octanol–water partition coefficient (Wildman–Crippen LogP) is 5.42. The second-order valence-electron chi connectivity index (χ2n) is 8.00. The van der Waals surface area contributed by atoms with Crippen LogP contribution in [0, 0.1) is 0 Å². The number of carbonyl (C=O) groups excluding carboxylic acids is 2. The standard InChI is InChI=1S/C28H26O6/c1-20(23-14-8-4-9-15-23)32-26(29)28(27(30)33-21(2)24-16-10-5-11-17-24)31-19-25(34-28)18-22-12-6-3-7-13-22/h3-17,19-21H,18H2,1-2H3. The lowest BCUT2D eigenvalue weighted by Crippen LogP contribution is -2.50. The molecule has 0 saturated heterocycles. The Balaban J connectivity index is 1.54. The topological polar surface area (TPSA) is 71.1 Å². The van der Waals surface area contributed by atoms with Crippen molar-refractivity contribution in [3.05, 3.63) is 120 Å². The van der Waals surface area contributed by atoms with Gasteiger partial charge in [0.2, 0.25) is 0 Å². The molecular weight excluding hydrogens is 432 g/mol. The summed E-state index contributed by atoms with van der Waals surface area (Å²) in [7, 11) is 0. The summed E-state index contributed by atoms with van der Waals surface area (Å²) in [6.45, 7) is 3.43. The maximum atomic E-state index is 13.3. The van der Waals surface area contributed by atoms with E-state index in [1.54, 1.807) is 13.8 Å². The van der Waals surface area contributed by atoms with E-state index in [1.807, 2.05) is 91.0 Å². The Labute approximate surface area is 198 Å². The number of rotatable bonds is 8. The molecule has 1 aliphatic rings. The second-order valence-corrected chi connectivity index (χ2v) is 8.00. The first-order valence-corrected chi connectivity index (χ1v) is 11.1. The average molecular weight is 459 g/mol. The first-order valence-electron chi connectivity index (χ1n) is 11.1. The number of benzene rings is 3. The molecule has 3 aromatic carbocycles. The van der Waals surface area contributed by atoms with Crippen molar-refractivity contribution >= 4 is 11.9 Å². The average Bonchev–Trinajstić information content (AvgIpc) is 3.31. The Morgan fingerprint density at radius 2 is 1.18 bits per heavy atom. The molecule has 0 bridgehead atoms. The smallest absolute Gasteiger partial charge is 0.452 e. The van der Waals surface area contributed by atoms with E-state index >= 15 is 0 Å². The Hall–Kier alpha value is -4.06. The van der Waals surface area contributed by atoms with Gasteiger partial charge in [-0.15, -0.1) is 0 Å². The van der Waals surface area contributed by atoms with Crippen molar-refractivity contribution in [3.63, 3.8) is 0 Å². The molecule has 0 fully saturated rings. The second kappa shape index (κ2) is 10.3. The van der Waals surface area contributed by atoms with Gasteiger partial charge in [-0.05, 0) is 30.5 Å². The molecular formula is C28H26O6. The van der Waals surface area contributed by atoms with Crippen LogP contribution < -0.4 is 0 Å². The minimum absolute atomic E-state index is 0.319. The molecule has 174 valence electrons. The molecule has 6 heteroatoms. The summed E-state index contributed by atoms with van der Waals surface area (Å²) in [6, 6.07) is 27.9. The third-order valence-corrected chi connectivity index (χ3v) is 5.50. The minimum Gasteiger partial charge on any atom is -0.452 e. The Bertz CT molecular complexity index is 1080. The van der Waals surface area contributed by atoms with E-state index in [9.17, 15) is 9.59 Å². The maximum Gasteiger partial charge on any atom is 0.452 e. The normalized spacial score (nSPS) is 18.6. The highest BCUT2D eigenvalue weighted by atomic mass is 16.8. The Morgan fingerprint density at radius 1 is 0.735 bits per heavy atom. The van der Waals surface area contributed by atoms with Crippen molar-refractivity contribution in [3.8, 4) is 0 Å². The molecule has 0 aromatic heterocycles. The molecule has 2 atom stereocenters. The van der Waals surface area contributed by atoms with Crippen LogP contribution in [0.1, 0.15) is 42.7 Å². The van der Waals surface area contributed by atoms with Crippen LogP contribution in [-0.4, -0.2) is 17.7 Å². The fourth-order valence-corrected chi connectivity index (χ4v) is 3.58. The fraction of sp³-hybridized carbons (Fsp3) is 0.214. The summed E-state index contributed by atoms with van der Waals surface area (Å²) < 4.78 is 22.6. The van der Waals surface area contributed by atoms with E-state index in [0.29, 0.717) is 12.2 Å². The molecule has 4 rings (SSSR count). The summed E-state index contributed by atoms with van der Waals surface area (Å²) in [5, 5.41) is 0. The summed E-state index contributed by atoms with van der Waals surface area (Å²) in [5.41, 5.74) is 2.48. The number of ether oxygens (including phenoxy) is 4. The van der Waals surface area contributed by atoms with Gasteiger partial charge >= 0.3 is 17.7 Å². The monoisotopic (exact) mass is 458 g/mol. The molecule has 34 heavy (non-hydrogen) atoms. The lowest BCUT2D eigenvalue weighted by atomic mass is 10.1. The predicted molar refractivity (Wildman–Crippen MR) is 125 cm³/mol. The van der Waals surface area contributed by atoms with Gasteiger partial charge in [-0.2, -0.15) is 0 Å². The van der Waals surface area contributed by atoms with Gasteiger partial charge in [0.25, 0.3) is 0 Å². The van der Waals surface area contributed by atoms with Crippen molar-refractivity contribution in [2.24, 2.45) is 0 Å². The van der Waals surface area contributed by atoms with E-state index < -0.39 is 29.9 Å². The molecule has 2 unspecified atom stereocenters. The minimum atomic E-state index is -2.38. The number of carbonyl (C=O) groups is 2. The van der Waals surface area contributed by atoms with Gasteiger partial charge in [-0.3, -0.25) is 0 Å². The Kier molecular flexibility index (Phi) is 6.97. The van der Waals surface area contributed by atoms with Crippen LogP contribution in [-0.2, 0) is 35.0 Å². The lowest BCUT2D eigenvalue weighted by Gasteiger charge is -2.27. The third-order valence-electron chi connectivity index (χ3n) is 5.50. The summed E-state index contributed by atoms with van der Waals surface area (Å²) >= 11 is 0. The molecule has 0 saturated carbocycles. The van der Waals surface area contributed by atoms with Gasteiger partial charge in [0.15, 0.2) is 0 Å². The van der Waals surface area contributed by atoms with Crippen LogP contribution in [0.4, 0.5) is 0 Å². The molecule has 6 nitrogen and oxygen atoms in total. The first-order chi connectivity index (χ1) is 16.5. The fourth-order valence-electron chi connectivity index (χ4n) is 3.58.